The van der Waals surface area contributed by atoms with E-state index in [1.807, 2.05) is 10.9 Å². The Hall–Kier alpha value is -1.47. The largest absolute Gasteiger partial charge is 0.394 e. The quantitative estimate of drug-likeness (QED) is 0.782. The summed E-state index contributed by atoms with van der Waals surface area (Å²) in [7, 11) is 0. The summed E-state index contributed by atoms with van der Waals surface area (Å²) in [5, 5.41) is 20.9. The summed E-state index contributed by atoms with van der Waals surface area (Å²) < 4.78 is 7.85. The Morgan fingerprint density at radius 1 is 1.42 bits per heavy atom. The number of aliphatic hydroxyl groups excluding tert-OH is 1. The number of aliphatic hydroxyl groups is 1. The minimum absolute atomic E-state index is 0.0626. The van der Waals surface area contributed by atoms with Crippen molar-refractivity contribution < 1.29 is 14.6 Å². The zero-order valence-corrected chi connectivity index (χ0v) is 14.5. The summed E-state index contributed by atoms with van der Waals surface area (Å²) in [4.78, 5) is 11.9. The van der Waals surface area contributed by atoms with Crippen LogP contribution in [0.25, 0.3) is 0 Å². The van der Waals surface area contributed by atoms with Crippen molar-refractivity contribution >= 4 is 5.91 Å². The second-order valence-electron chi connectivity index (χ2n) is 7.30. The highest BCUT2D eigenvalue weighted by atomic mass is 16.5. The van der Waals surface area contributed by atoms with E-state index in [0.717, 1.165) is 44.3 Å². The smallest absolute Gasteiger partial charge is 0.223 e. The number of aromatic nitrogens is 3. The van der Waals surface area contributed by atoms with Gasteiger partial charge in [-0.3, -0.25) is 9.48 Å². The van der Waals surface area contributed by atoms with Gasteiger partial charge in [0.15, 0.2) is 0 Å². The normalized spacial score (nSPS) is 27.4. The van der Waals surface area contributed by atoms with Crippen LogP contribution in [0.3, 0.4) is 0 Å². The molecule has 1 saturated carbocycles. The number of rotatable bonds is 7. The van der Waals surface area contributed by atoms with Gasteiger partial charge in [0.2, 0.25) is 5.91 Å². The summed E-state index contributed by atoms with van der Waals surface area (Å²) >= 11 is 0. The van der Waals surface area contributed by atoms with Crippen LogP contribution < -0.4 is 5.32 Å². The third-order valence-electron chi connectivity index (χ3n) is 4.90. The highest BCUT2D eigenvalue weighted by Crippen LogP contribution is 2.30. The maximum Gasteiger partial charge on any atom is 0.223 e. The predicted octanol–water partition coefficient (Wildman–Crippen LogP) is 1.23. The number of carbonyl (C=O) groups excluding carboxylic acids is 1. The molecule has 24 heavy (non-hydrogen) atoms. The molecule has 2 N–H and O–H groups in total. The van der Waals surface area contributed by atoms with Crippen LogP contribution in [0.2, 0.25) is 0 Å². The Kier molecular flexibility index (Phi) is 5.50. The third-order valence-corrected chi connectivity index (χ3v) is 4.90. The van der Waals surface area contributed by atoms with E-state index in [9.17, 15) is 9.90 Å². The molecule has 1 saturated heterocycles. The molecule has 134 valence electrons. The lowest BCUT2D eigenvalue weighted by molar-refractivity contribution is -0.129. The molecule has 2 fully saturated rings. The van der Waals surface area contributed by atoms with Gasteiger partial charge in [0, 0.05) is 18.7 Å². The molecule has 1 aromatic rings. The van der Waals surface area contributed by atoms with Crippen LogP contribution in [0, 0.1) is 5.92 Å². The van der Waals surface area contributed by atoms with Crippen molar-refractivity contribution in [2.75, 3.05) is 6.61 Å². The van der Waals surface area contributed by atoms with Crippen molar-refractivity contribution in [1.82, 2.24) is 20.3 Å². The fourth-order valence-corrected chi connectivity index (χ4v) is 3.12. The van der Waals surface area contributed by atoms with Gasteiger partial charge in [0.25, 0.3) is 0 Å². The van der Waals surface area contributed by atoms with E-state index >= 15 is 0 Å². The molecule has 3 atom stereocenters. The first-order valence-corrected chi connectivity index (χ1v) is 9.03. The fourth-order valence-electron chi connectivity index (χ4n) is 3.12. The van der Waals surface area contributed by atoms with E-state index < -0.39 is 0 Å². The van der Waals surface area contributed by atoms with Gasteiger partial charge in [-0.25, -0.2) is 0 Å². The van der Waals surface area contributed by atoms with Gasteiger partial charge in [0.1, 0.15) is 6.10 Å². The molecule has 1 aliphatic heterocycles. The molecule has 0 spiro atoms. The van der Waals surface area contributed by atoms with Gasteiger partial charge in [-0.1, -0.05) is 19.1 Å². The minimum Gasteiger partial charge on any atom is -0.394 e. The molecule has 0 aromatic carbocycles. The molecule has 1 aromatic heterocycles. The number of hydrogen-bond donors (Lipinski definition) is 2. The molecule has 3 rings (SSSR count). The van der Waals surface area contributed by atoms with Gasteiger partial charge in [-0.05, 0) is 38.0 Å². The number of ether oxygens (including phenoxy) is 1. The predicted molar refractivity (Wildman–Crippen MR) is 88.4 cm³/mol. The molecule has 1 amide bonds. The SMILES string of the molecule is CC(C)c1cn(CC[C@H]2CC[C@@H](NC(=O)C3CC3)[C@@H](CO)O2)nn1. The first-order chi connectivity index (χ1) is 11.6. The topological polar surface area (TPSA) is 89.3 Å². The third kappa shape index (κ3) is 4.33. The minimum atomic E-state index is -0.312. The lowest BCUT2D eigenvalue weighted by Crippen LogP contribution is -2.51. The van der Waals surface area contributed by atoms with Gasteiger partial charge < -0.3 is 15.2 Å². The van der Waals surface area contributed by atoms with Crippen LogP contribution in [0.5, 0.6) is 0 Å². The van der Waals surface area contributed by atoms with E-state index in [1.165, 1.54) is 0 Å². The average molecular weight is 336 g/mol. The van der Waals surface area contributed by atoms with Crippen LogP contribution in [-0.4, -0.2) is 50.9 Å². The molecule has 0 bridgehead atoms. The fraction of sp³-hybridized carbons (Fsp3) is 0.824. The number of aryl methyl sites for hydroxylation is 1. The Morgan fingerprint density at radius 3 is 2.83 bits per heavy atom. The van der Waals surface area contributed by atoms with Crippen LogP contribution in [0.1, 0.15) is 57.6 Å². The zero-order valence-electron chi connectivity index (χ0n) is 14.5. The molecule has 0 unspecified atom stereocenters. The monoisotopic (exact) mass is 336 g/mol. The summed E-state index contributed by atoms with van der Waals surface area (Å²) in [5.41, 5.74) is 0.996. The lowest BCUT2D eigenvalue weighted by Gasteiger charge is -2.36. The maximum atomic E-state index is 11.9. The standard InChI is InChI=1S/C17H28N4O3/c1-11(2)15-9-21(20-19-15)8-7-13-5-6-14(16(10-22)24-13)18-17(23)12-3-4-12/h9,11-14,16,22H,3-8,10H2,1-2H3,(H,18,23)/t13-,14-,16-/m1/s1. The molecule has 1 aliphatic carbocycles. The molecule has 7 nitrogen and oxygen atoms in total. The Bertz CT molecular complexity index is 556. The molecule has 7 heteroatoms. The average Bonchev–Trinajstić information content (AvgIpc) is 3.32. The van der Waals surface area contributed by atoms with Crippen molar-refractivity contribution in [1.29, 1.82) is 0 Å². The summed E-state index contributed by atoms with van der Waals surface area (Å²) in [5.74, 6) is 0.674. The van der Waals surface area contributed by atoms with E-state index in [2.05, 4.69) is 29.5 Å². The highest BCUT2D eigenvalue weighted by molar-refractivity contribution is 5.81. The molecular formula is C17H28N4O3. The highest BCUT2D eigenvalue weighted by Gasteiger charge is 2.36. The van der Waals surface area contributed by atoms with E-state index in [0.29, 0.717) is 5.92 Å². The Balaban J connectivity index is 1.46. The van der Waals surface area contributed by atoms with Gasteiger partial charge in [-0.2, -0.15) is 0 Å². The summed E-state index contributed by atoms with van der Waals surface area (Å²) in [6.07, 6.45) is 6.30. The van der Waals surface area contributed by atoms with E-state index in [4.69, 9.17) is 4.74 Å². The van der Waals surface area contributed by atoms with Crippen molar-refractivity contribution in [2.24, 2.45) is 5.92 Å². The van der Waals surface area contributed by atoms with Gasteiger partial charge in [-0.15, -0.1) is 5.10 Å². The lowest BCUT2D eigenvalue weighted by atomic mass is 9.97. The number of nitrogens with zero attached hydrogens (tertiary/aromatic N) is 3. The maximum absolute atomic E-state index is 11.9. The van der Waals surface area contributed by atoms with E-state index in [-0.39, 0.29) is 36.7 Å². The van der Waals surface area contributed by atoms with Crippen molar-refractivity contribution in [2.45, 2.75) is 76.7 Å². The summed E-state index contributed by atoms with van der Waals surface area (Å²) in [6.45, 7) is 4.88. The van der Waals surface area contributed by atoms with Gasteiger partial charge in [0.05, 0.1) is 24.4 Å². The Labute approximate surface area is 142 Å². The number of amides is 1. The molecule has 0 radical (unpaired) electrons. The molecule has 2 heterocycles. The van der Waals surface area contributed by atoms with Crippen LogP contribution in [0.4, 0.5) is 0 Å². The van der Waals surface area contributed by atoms with Gasteiger partial charge >= 0.3 is 0 Å². The van der Waals surface area contributed by atoms with Crippen molar-refractivity contribution in [3.8, 4) is 0 Å². The van der Waals surface area contributed by atoms with Crippen LogP contribution in [0.15, 0.2) is 6.20 Å². The second-order valence-corrected chi connectivity index (χ2v) is 7.30. The van der Waals surface area contributed by atoms with Crippen molar-refractivity contribution in [3.05, 3.63) is 11.9 Å². The zero-order chi connectivity index (χ0) is 17.1. The van der Waals surface area contributed by atoms with Crippen molar-refractivity contribution in [3.63, 3.8) is 0 Å². The first-order valence-electron chi connectivity index (χ1n) is 9.03. The summed E-state index contributed by atoms with van der Waals surface area (Å²) in [6, 6.07) is -0.0711. The van der Waals surface area contributed by atoms with Crippen LogP contribution >= 0.6 is 0 Å². The van der Waals surface area contributed by atoms with Crippen LogP contribution in [-0.2, 0) is 16.1 Å². The molecular weight excluding hydrogens is 308 g/mol. The second kappa shape index (κ2) is 7.61. The number of nitrogens with one attached hydrogen (secondary N) is 1. The Morgan fingerprint density at radius 2 is 2.21 bits per heavy atom. The number of carbonyl (C=O) groups is 1. The number of hydrogen-bond acceptors (Lipinski definition) is 5. The van der Waals surface area contributed by atoms with E-state index in [1.54, 1.807) is 0 Å². The molecule has 2 aliphatic rings. The first kappa shape index (κ1) is 17.4.